The van der Waals surface area contributed by atoms with Crippen LogP contribution < -0.4 is 0 Å². The van der Waals surface area contributed by atoms with Gasteiger partial charge in [0.15, 0.2) is 0 Å². The highest BCUT2D eigenvalue weighted by atomic mass is 16.5. The normalized spacial score (nSPS) is 33.0. The number of likely N-dealkylation sites (tertiary alicyclic amines) is 2. The van der Waals surface area contributed by atoms with Crippen LogP contribution in [0.5, 0.6) is 0 Å². The molecule has 0 bridgehead atoms. The van der Waals surface area contributed by atoms with E-state index < -0.39 is 0 Å². The lowest BCUT2D eigenvalue weighted by molar-refractivity contribution is -0.140. The number of nitrogens with zero attached hydrogens (tertiary/aromatic N) is 2. The molecule has 3 rings (SSSR count). The zero-order valence-electron chi connectivity index (χ0n) is 11.9. The predicted molar refractivity (Wildman–Crippen MR) is 71.0 cm³/mol. The van der Waals surface area contributed by atoms with Crippen LogP contribution in [0.3, 0.4) is 0 Å². The van der Waals surface area contributed by atoms with Crippen LogP contribution in [0.1, 0.15) is 12.8 Å². The van der Waals surface area contributed by atoms with Crippen LogP contribution in [-0.4, -0.2) is 74.2 Å². The molecule has 112 valence electrons. The molecule has 0 aromatic rings. The van der Waals surface area contributed by atoms with Gasteiger partial charge >= 0.3 is 0 Å². The van der Waals surface area contributed by atoms with Gasteiger partial charge < -0.3 is 19.3 Å². The Hall–Kier alpha value is -1.14. The van der Waals surface area contributed by atoms with Gasteiger partial charge in [-0.05, 0) is 12.8 Å². The monoisotopic (exact) mass is 282 g/mol. The van der Waals surface area contributed by atoms with Gasteiger partial charge in [-0.3, -0.25) is 9.59 Å². The van der Waals surface area contributed by atoms with Crippen molar-refractivity contribution in [2.75, 3.05) is 46.5 Å². The molecule has 6 nitrogen and oxygen atoms in total. The number of hydrogen-bond donors (Lipinski definition) is 0. The predicted octanol–water partition coefficient (Wildman–Crippen LogP) is -0.271. The Kier molecular flexibility index (Phi) is 3.94. The molecule has 20 heavy (non-hydrogen) atoms. The summed E-state index contributed by atoms with van der Waals surface area (Å²) >= 11 is 0. The first-order valence-electron chi connectivity index (χ1n) is 7.39. The van der Waals surface area contributed by atoms with Gasteiger partial charge in [0.1, 0.15) is 6.10 Å². The second-order valence-corrected chi connectivity index (χ2v) is 5.89. The zero-order chi connectivity index (χ0) is 14.1. The van der Waals surface area contributed by atoms with Crippen LogP contribution >= 0.6 is 0 Å². The highest BCUT2D eigenvalue weighted by Gasteiger charge is 2.48. The van der Waals surface area contributed by atoms with Crippen molar-refractivity contribution in [3.63, 3.8) is 0 Å². The van der Waals surface area contributed by atoms with Crippen LogP contribution in [0.2, 0.25) is 0 Å². The van der Waals surface area contributed by atoms with Crippen molar-refractivity contribution in [3.05, 3.63) is 0 Å². The van der Waals surface area contributed by atoms with E-state index in [9.17, 15) is 9.59 Å². The molecule has 0 aliphatic carbocycles. The molecule has 0 N–H and O–H groups in total. The Morgan fingerprint density at radius 1 is 1.40 bits per heavy atom. The highest BCUT2D eigenvalue weighted by Crippen LogP contribution is 2.33. The molecule has 3 fully saturated rings. The van der Waals surface area contributed by atoms with E-state index in [0.29, 0.717) is 32.8 Å². The van der Waals surface area contributed by atoms with Crippen molar-refractivity contribution in [3.8, 4) is 0 Å². The molecule has 0 saturated carbocycles. The SMILES string of the molecule is COCCN1C[C@@H]2CN(C(=O)[C@H]3CCCO3)C[C@H]2C1=O. The molecule has 0 aromatic carbocycles. The average Bonchev–Trinajstić information content (AvgIpc) is 3.14. The fraction of sp³-hybridized carbons (Fsp3) is 0.857. The summed E-state index contributed by atoms with van der Waals surface area (Å²) in [6.07, 6.45) is 1.51. The topological polar surface area (TPSA) is 59.1 Å². The fourth-order valence-electron chi connectivity index (χ4n) is 3.50. The second kappa shape index (κ2) is 5.69. The molecule has 3 heterocycles. The molecule has 6 heteroatoms. The lowest BCUT2D eigenvalue weighted by Gasteiger charge is -2.23. The summed E-state index contributed by atoms with van der Waals surface area (Å²) in [6.45, 7) is 3.92. The summed E-state index contributed by atoms with van der Waals surface area (Å²) in [5, 5.41) is 0. The molecule has 0 unspecified atom stereocenters. The summed E-state index contributed by atoms with van der Waals surface area (Å²) in [7, 11) is 1.64. The maximum absolute atomic E-state index is 12.3. The van der Waals surface area contributed by atoms with Gasteiger partial charge in [0.25, 0.3) is 5.91 Å². The first kappa shape index (κ1) is 13.8. The molecular formula is C14H22N2O4. The lowest BCUT2D eigenvalue weighted by Crippen LogP contribution is -2.41. The Labute approximate surface area is 119 Å². The number of carbonyl (C=O) groups excluding carboxylic acids is 2. The maximum atomic E-state index is 12.3. The van der Waals surface area contributed by atoms with E-state index in [0.717, 1.165) is 19.4 Å². The Morgan fingerprint density at radius 2 is 2.25 bits per heavy atom. The van der Waals surface area contributed by atoms with E-state index in [-0.39, 0.29) is 29.8 Å². The minimum atomic E-state index is -0.270. The molecule has 3 aliphatic heterocycles. The van der Waals surface area contributed by atoms with Crippen LogP contribution in [0, 0.1) is 11.8 Å². The average molecular weight is 282 g/mol. The molecule has 0 spiro atoms. The van der Waals surface area contributed by atoms with Crippen molar-refractivity contribution in [1.82, 2.24) is 9.80 Å². The Balaban J connectivity index is 1.56. The Morgan fingerprint density at radius 3 is 2.90 bits per heavy atom. The maximum Gasteiger partial charge on any atom is 0.251 e. The number of ether oxygens (including phenoxy) is 2. The standard InChI is InChI=1S/C14H22N2O4/c1-19-6-4-15-7-10-8-16(9-11(10)13(15)17)14(18)12-3-2-5-20-12/h10-12H,2-9H2,1H3/t10-,11-,12-/m1/s1. The number of fused-ring (bicyclic) bond motifs is 1. The van der Waals surface area contributed by atoms with Gasteiger partial charge in [-0.1, -0.05) is 0 Å². The number of amides is 2. The summed E-state index contributed by atoms with van der Waals surface area (Å²) in [5.74, 6) is 0.518. The quantitative estimate of drug-likeness (QED) is 0.712. The molecule has 0 radical (unpaired) electrons. The molecule has 2 amide bonds. The van der Waals surface area contributed by atoms with E-state index >= 15 is 0 Å². The first-order valence-corrected chi connectivity index (χ1v) is 7.39. The molecule has 3 saturated heterocycles. The van der Waals surface area contributed by atoms with E-state index in [1.165, 1.54) is 0 Å². The van der Waals surface area contributed by atoms with Crippen LogP contribution in [-0.2, 0) is 19.1 Å². The lowest BCUT2D eigenvalue weighted by atomic mass is 10.0. The van der Waals surface area contributed by atoms with Gasteiger partial charge in [-0.25, -0.2) is 0 Å². The molecule has 0 aromatic heterocycles. The van der Waals surface area contributed by atoms with E-state index in [1.54, 1.807) is 7.11 Å². The minimum Gasteiger partial charge on any atom is -0.383 e. The van der Waals surface area contributed by atoms with Gasteiger partial charge in [-0.15, -0.1) is 0 Å². The summed E-state index contributed by atoms with van der Waals surface area (Å²) in [5.41, 5.74) is 0. The number of hydrogen-bond acceptors (Lipinski definition) is 4. The van der Waals surface area contributed by atoms with Crippen molar-refractivity contribution < 1.29 is 19.1 Å². The number of rotatable bonds is 4. The fourth-order valence-corrected chi connectivity index (χ4v) is 3.50. The third-order valence-corrected chi connectivity index (χ3v) is 4.61. The van der Waals surface area contributed by atoms with Crippen molar-refractivity contribution >= 4 is 11.8 Å². The Bertz CT molecular complexity index is 395. The van der Waals surface area contributed by atoms with E-state index in [4.69, 9.17) is 9.47 Å². The summed E-state index contributed by atoms with van der Waals surface area (Å²) in [4.78, 5) is 28.3. The smallest absolute Gasteiger partial charge is 0.251 e. The van der Waals surface area contributed by atoms with Crippen molar-refractivity contribution in [1.29, 1.82) is 0 Å². The second-order valence-electron chi connectivity index (χ2n) is 5.89. The van der Waals surface area contributed by atoms with Crippen LogP contribution in [0.25, 0.3) is 0 Å². The van der Waals surface area contributed by atoms with Crippen molar-refractivity contribution in [2.45, 2.75) is 18.9 Å². The molecule has 3 atom stereocenters. The van der Waals surface area contributed by atoms with Crippen LogP contribution in [0.15, 0.2) is 0 Å². The first-order chi connectivity index (χ1) is 9.70. The third kappa shape index (κ3) is 2.42. The van der Waals surface area contributed by atoms with Crippen LogP contribution in [0.4, 0.5) is 0 Å². The molecular weight excluding hydrogens is 260 g/mol. The summed E-state index contributed by atoms with van der Waals surface area (Å²) < 4.78 is 10.5. The number of carbonyl (C=O) groups is 2. The minimum absolute atomic E-state index is 0.0165. The highest BCUT2D eigenvalue weighted by molar-refractivity contribution is 5.86. The van der Waals surface area contributed by atoms with Gasteiger partial charge in [0.05, 0.1) is 12.5 Å². The third-order valence-electron chi connectivity index (χ3n) is 4.61. The van der Waals surface area contributed by atoms with Gasteiger partial charge in [-0.2, -0.15) is 0 Å². The molecule has 3 aliphatic rings. The van der Waals surface area contributed by atoms with Crippen molar-refractivity contribution in [2.24, 2.45) is 11.8 Å². The number of methoxy groups -OCH3 is 1. The largest absolute Gasteiger partial charge is 0.383 e. The van der Waals surface area contributed by atoms with E-state index in [2.05, 4.69) is 0 Å². The van der Waals surface area contributed by atoms with Gasteiger partial charge in [0, 0.05) is 45.8 Å². The zero-order valence-corrected chi connectivity index (χ0v) is 11.9. The summed E-state index contributed by atoms with van der Waals surface area (Å²) in [6, 6.07) is 0. The van der Waals surface area contributed by atoms with Gasteiger partial charge in [0.2, 0.25) is 5.91 Å². The van der Waals surface area contributed by atoms with E-state index in [1.807, 2.05) is 9.80 Å².